The standard InChI is InChI=1S/C11H15NO3/c1-11(5-2-6-11)10-12-7-8(15-10)3-4-9(13)14/h7H,2-6H2,1H3,(H,13,14). The summed E-state index contributed by atoms with van der Waals surface area (Å²) >= 11 is 0. The zero-order valence-electron chi connectivity index (χ0n) is 8.82. The Morgan fingerprint density at radius 1 is 1.67 bits per heavy atom. The number of carboxylic acids is 1. The molecule has 1 N–H and O–H groups in total. The second-order valence-electron chi connectivity index (χ2n) is 4.44. The average Bonchev–Trinajstić information content (AvgIpc) is 2.59. The van der Waals surface area contributed by atoms with Crippen molar-refractivity contribution in [3.8, 4) is 0 Å². The van der Waals surface area contributed by atoms with Crippen LogP contribution in [-0.2, 0) is 16.6 Å². The molecule has 0 radical (unpaired) electrons. The fourth-order valence-corrected chi connectivity index (χ4v) is 1.85. The molecule has 0 unspecified atom stereocenters. The molecule has 0 saturated heterocycles. The largest absolute Gasteiger partial charge is 0.481 e. The van der Waals surface area contributed by atoms with Gasteiger partial charge in [0.2, 0.25) is 0 Å². The van der Waals surface area contributed by atoms with E-state index in [2.05, 4.69) is 11.9 Å². The summed E-state index contributed by atoms with van der Waals surface area (Å²) in [5, 5.41) is 8.54. The molecule has 0 amide bonds. The number of carbonyl (C=O) groups is 1. The molecule has 1 aromatic rings. The molecule has 15 heavy (non-hydrogen) atoms. The number of aliphatic carboxylic acids is 1. The fourth-order valence-electron chi connectivity index (χ4n) is 1.85. The minimum atomic E-state index is -0.803. The highest BCUT2D eigenvalue weighted by molar-refractivity contribution is 5.66. The molecule has 1 aliphatic rings. The molecule has 1 fully saturated rings. The van der Waals surface area contributed by atoms with Gasteiger partial charge in [-0.3, -0.25) is 4.79 Å². The first-order valence-corrected chi connectivity index (χ1v) is 5.27. The quantitative estimate of drug-likeness (QED) is 0.825. The normalized spacial score (nSPS) is 18.5. The maximum absolute atomic E-state index is 10.4. The van der Waals surface area contributed by atoms with E-state index in [0.29, 0.717) is 12.2 Å². The van der Waals surface area contributed by atoms with Crippen LogP contribution in [0, 0.1) is 0 Å². The Balaban J connectivity index is 2.00. The number of carboxylic acid groups (broad SMARTS) is 1. The van der Waals surface area contributed by atoms with Gasteiger partial charge in [0.05, 0.1) is 12.6 Å². The van der Waals surface area contributed by atoms with Gasteiger partial charge >= 0.3 is 5.97 Å². The van der Waals surface area contributed by atoms with Gasteiger partial charge in [-0.25, -0.2) is 4.98 Å². The van der Waals surface area contributed by atoms with Crippen LogP contribution in [0.1, 0.15) is 44.3 Å². The molecule has 4 heteroatoms. The van der Waals surface area contributed by atoms with Crippen molar-refractivity contribution in [1.29, 1.82) is 0 Å². The first-order valence-electron chi connectivity index (χ1n) is 5.27. The zero-order chi connectivity index (χ0) is 10.9. The molecule has 4 nitrogen and oxygen atoms in total. The molecule has 0 spiro atoms. The Labute approximate surface area is 88.3 Å². The number of oxazole rings is 1. The minimum absolute atomic E-state index is 0.0987. The summed E-state index contributed by atoms with van der Waals surface area (Å²) < 4.78 is 5.57. The van der Waals surface area contributed by atoms with Crippen LogP contribution < -0.4 is 0 Å². The molecule has 0 bridgehead atoms. The van der Waals surface area contributed by atoms with Crippen molar-refractivity contribution in [2.45, 2.75) is 44.4 Å². The van der Waals surface area contributed by atoms with E-state index >= 15 is 0 Å². The lowest BCUT2D eigenvalue weighted by atomic mass is 9.70. The topological polar surface area (TPSA) is 63.3 Å². The number of nitrogens with zero attached hydrogens (tertiary/aromatic N) is 1. The van der Waals surface area contributed by atoms with Crippen molar-refractivity contribution in [3.63, 3.8) is 0 Å². The lowest BCUT2D eigenvalue weighted by molar-refractivity contribution is -0.137. The van der Waals surface area contributed by atoms with E-state index in [1.54, 1.807) is 6.20 Å². The van der Waals surface area contributed by atoms with Crippen LogP contribution in [0.3, 0.4) is 0 Å². The summed E-state index contributed by atoms with van der Waals surface area (Å²) in [4.78, 5) is 14.6. The van der Waals surface area contributed by atoms with Gasteiger partial charge in [0.1, 0.15) is 5.76 Å². The van der Waals surface area contributed by atoms with Crippen molar-refractivity contribution < 1.29 is 14.3 Å². The van der Waals surface area contributed by atoms with Gasteiger partial charge in [0.15, 0.2) is 5.89 Å². The summed E-state index contributed by atoms with van der Waals surface area (Å²) in [7, 11) is 0. The average molecular weight is 209 g/mol. The van der Waals surface area contributed by atoms with Crippen LogP contribution in [-0.4, -0.2) is 16.1 Å². The van der Waals surface area contributed by atoms with Crippen molar-refractivity contribution in [2.24, 2.45) is 0 Å². The fraction of sp³-hybridized carbons (Fsp3) is 0.636. The monoisotopic (exact) mass is 209 g/mol. The van der Waals surface area contributed by atoms with Crippen molar-refractivity contribution in [1.82, 2.24) is 4.98 Å². The highest BCUT2D eigenvalue weighted by Gasteiger charge is 2.38. The summed E-state index contributed by atoms with van der Waals surface area (Å²) in [5.74, 6) is 0.650. The predicted octanol–water partition coefficient (Wildman–Crippen LogP) is 2.13. The molecule has 82 valence electrons. The van der Waals surface area contributed by atoms with E-state index in [1.165, 1.54) is 6.42 Å². The minimum Gasteiger partial charge on any atom is -0.481 e. The van der Waals surface area contributed by atoms with E-state index in [4.69, 9.17) is 9.52 Å². The lowest BCUT2D eigenvalue weighted by Gasteiger charge is -2.34. The molecule has 1 saturated carbocycles. The van der Waals surface area contributed by atoms with Gasteiger partial charge in [0, 0.05) is 11.8 Å². The van der Waals surface area contributed by atoms with E-state index < -0.39 is 5.97 Å². The van der Waals surface area contributed by atoms with Gasteiger partial charge in [-0.15, -0.1) is 0 Å². The Hall–Kier alpha value is -1.32. The van der Waals surface area contributed by atoms with E-state index in [-0.39, 0.29) is 11.8 Å². The molecule has 0 aromatic carbocycles. The molecule has 1 aliphatic carbocycles. The Morgan fingerprint density at radius 2 is 2.40 bits per heavy atom. The predicted molar refractivity (Wildman–Crippen MR) is 53.7 cm³/mol. The molecule has 1 heterocycles. The first kappa shape index (κ1) is 10.2. The van der Waals surface area contributed by atoms with Gasteiger partial charge < -0.3 is 9.52 Å². The second-order valence-corrected chi connectivity index (χ2v) is 4.44. The molecular weight excluding hydrogens is 194 g/mol. The van der Waals surface area contributed by atoms with Crippen molar-refractivity contribution in [3.05, 3.63) is 17.8 Å². The first-order chi connectivity index (χ1) is 7.10. The van der Waals surface area contributed by atoms with E-state index in [0.717, 1.165) is 18.7 Å². The molecule has 1 aromatic heterocycles. The third-order valence-electron chi connectivity index (χ3n) is 3.11. The number of hydrogen-bond donors (Lipinski definition) is 1. The van der Waals surface area contributed by atoms with Crippen LogP contribution in [0.25, 0.3) is 0 Å². The zero-order valence-corrected chi connectivity index (χ0v) is 8.82. The summed E-state index contributed by atoms with van der Waals surface area (Å²) in [5.41, 5.74) is 0.0987. The number of aromatic nitrogens is 1. The highest BCUT2D eigenvalue weighted by atomic mass is 16.4. The Morgan fingerprint density at radius 3 is 2.93 bits per heavy atom. The van der Waals surface area contributed by atoms with Crippen molar-refractivity contribution in [2.75, 3.05) is 0 Å². The maximum Gasteiger partial charge on any atom is 0.303 e. The van der Waals surface area contributed by atoms with Gasteiger partial charge in [0.25, 0.3) is 0 Å². The lowest BCUT2D eigenvalue weighted by Crippen LogP contribution is -2.30. The van der Waals surface area contributed by atoms with Crippen LogP contribution in [0.2, 0.25) is 0 Å². The molecule has 0 atom stereocenters. The third-order valence-corrected chi connectivity index (χ3v) is 3.11. The second kappa shape index (κ2) is 3.68. The Kier molecular flexibility index (Phi) is 2.50. The van der Waals surface area contributed by atoms with Gasteiger partial charge in [-0.05, 0) is 12.8 Å². The summed E-state index contributed by atoms with van der Waals surface area (Å²) in [6.45, 7) is 2.14. The number of hydrogen-bond acceptors (Lipinski definition) is 3. The number of aryl methyl sites for hydroxylation is 1. The SMILES string of the molecule is CC1(c2ncc(CCC(=O)O)o2)CCC1. The molecular formula is C11H15NO3. The Bertz CT molecular complexity index is 366. The van der Waals surface area contributed by atoms with E-state index in [1.807, 2.05) is 0 Å². The van der Waals surface area contributed by atoms with Crippen LogP contribution >= 0.6 is 0 Å². The van der Waals surface area contributed by atoms with Crippen molar-refractivity contribution >= 4 is 5.97 Å². The van der Waals surface area contributed by atoms with Gasteiger partial charge in [-0.1, -0.05) is 13.3 Å². The third kappa shape index (κ3) is 2.03. The maximum atomic E-state index is 10.4. The van der Waals surface area contributed by atoms with Crippen LogP contribution in [0.15, 0.2) is 10.6 Å². The molecule has 0 aliphatic heterocycles. The summed E-state index contributed by atoms with van der Waals surface area (Å²) in [6.07, 6.45) is 5.65. The van der Waals surface area contributed by atoms with Crippen LogP contribution in [0.4, 0.5) is 0 Å². The summed E-state index contributed by atoms with van der Waals surface area (Å²) in [6, 6.07) is 0. The number of rotatable bonds is 4. The van der Waals surface area contributed by atoms with Gasteiger partial charge in [-0.2, -0.15) is 0 Å². The van der Waals surface area contributed by atoms with E-state index in [9.17, 15) is 4.79 Å². The van der Waals surface area contributed by atoms with Crippen LogP contribution in [0.5, 0.6) is 0 Å². The highest BCUT2D eigenvalue weighted by Crippen LogP contribution is 2.42. The molecule has 2 rings (SSSR count). The smallest absolute Gasteiger partial charge is 0.303 e.